The Labute approximate surface area is 137 Å². The number of carbonyl (C=O) groups excluding carboxylic acids is 1. The molecule has 2 heterocycles. The number of hydrogen-bond donors (Lipinski definition) is 0. The van der Waals surface area contributed by atoms with Crippen molar-refractivity contribution in [1.29, 1.82) is 0 Å². The molecule has 0 spiro atoms. The number of thioether (sulfide) groups is 1. The fourth-order valence-corrected chi connectivity index (χ4v) is 3.87. The minimum atomic E-state index is -0.00949. The summed E-state index contributed by atoms with van der Waals surface area (Å²) in [6.07, 6.45) is 6.36. The number of ketones is 1. The maximum Gasteiger partial charge on any atom is 0.174 e. The molecule has 1 aliphatic carbocycles. The molecule has 0 radical (unpaired) electrons. The molecule has 0 N–H and O–H groups in total. The zero-order valence-electron chi connectivity index (χ0n) is 11.4. The van der Waals surface area contributed by atoms with E-state index in [1.165, 1.54) is 12.8 Å². The van der Waals surface area contributed by atoms with Gasteiger partial charge in [-0.15, -0.1) is 11.8 Å². The van der Waals surface area contributed by atoms with Gasteiger partial charge in [-0.05, 0) is 53.2 Å². The average molecular weight is 400 g/mol. The van der Waals surface area contributed by atoms with Crippen LogP contribution in [0.4, 0.5) is 5.69 Å². The number of aliphatic imine (C=N–C) groups is 1. The molecule has 0 saturated heterocycles. The van der Waals surface area contributed by atoms with Gasteiger partial charge in [0.15, 0.2) is 5.78 Å². The maximum atomic E-state index is 12.8. The summed E-state index contributed by atoms with van der Waals surface area (Å²) < 4.78 is 0.861. The predicted molar refractivity (Wildman–Crippen MR) is 92.0 cm³/mol. The van der Waals surface area contributed by atoms with E-state index in [9.17, 15) is 4.79 Å². The highest BCUT2D eigenvalue weighted by molar-refractivity contribution is 14.1. The van der Waals surface area contributed by atoms with Gasteiger partial charge in [0.05, 0.1) is 22.8 Å². The lowest BCUT2D eigenvalue weighted by Crippen LogP contribution is -2.26. The second-order valence-corrected chi connectivity index (χ2v) is 7.64. The Kier molecular flexibility index (Phi) is 4.45. The largest absolute Gasteiger partial charge is 0.293 e. The Morgan fingerprint density at radius 2 is 2.25 bits per heavy atom. The van der Waals surface area contributed by atoms with Crippen molar-refractivity contribution < 1.29 is 4.79 Å². The topological polar surface area (TPSA) is 42.3 Å². The van der Waals surface area contributed by atoms with E-state index in [0.717, 1.165) is 44.5 Å². The van der Waals surface area contributed by atoms with E-state index in [1.54, 1.807) is 18.0 Å². The number of rotatable bonds is 4. The van der Waals surface area contributed by atoms with Crippen LogP contribution in [0.2, 0.25) is 0 Å². The van der Waals surface area contributed by atoms with Gasteiger partial charge in [0.2, 0.25) is 0 Å². The van der Waals surface area contributed by atoms with Crippen LogP contribution in [0.15, 0.2) is 17.3 Å². The van der Waals surface area contributed by atoms with Gasteiger partial charge in [0, 0.05) is 5.56 Å². The summed E-state index contributed by atoms with van der Waals surface area (Å²) in [5.74, 6) is 2.00. The number of hydrogen-bond acceptors (Lipinski definition) is 4. The fraction of sp³-hybridized carbons (Fsp3) is 0.533. The van der Waals surface area contributed by atoms with E-state index < -0.39 is 0 Å². The molecule has 20 heavy (non-hydrogen) atoms. The van der Waals surface area contributed by atoms with Gasteiger partial charge in [0.25, 0.3) is 0 Å². The van der Waals surface area contributed by atoms with Crippen LogP contribution in [0.25, 0.3) is 0 Å². The van der Waals surface area contributed by atoms with Gasteiger partial charge in [-0.3, -0.25) is 4.79 Å². The molecule has 2 aliphatic rings. The molecule has 1 atom stereocenters. The molecule has 1 fully saturated rings. The van der Waals surface area contributed by atoms with E-state index in [2.05, 4.69) is 34.5 Å². The summed E-state index contributed by atoms with van der Waals surface area (Å²) >= 11 is 3.90. The summed E-state index contributed by atoms with van der Waals surface area (Å²) in [6, 6.07) is 1.88. The first kappa shape index (κ1) is 14.5. The Morgan fingerprint density at radius 3 is 2.95 bits per heavy atom. The molecule has 1 unspecified atom stereocenters. The minimum Gasteiger partial charge on any atom is -0.293 e. The van der Waals surface area contributed by atoms with Gasteiger partial charge in [-0.2, -0.15) is 0 Å². The lowest BCUT2D eigenvalue weighted by Gasteiger charge is -2.23. The first-order valence-corrected chi connectivity index (χ1v) is 9.16. The second-order valence-electron chi connectivity index (χ2n) is 5.42. The molecule has 0 amide bonds. The molecule has 1 aliphatic heterocycles. The van der Waals surface area contributed by atoms with Gasteiger partial charge in [0.1, 0.15) is 3.70 Å². The second kappa shape index (κ2) is 6.13. The Morgan fingerprint density at radius 1 is 1.45 bits per heavy atom. The smallest absolute Gasteiger partial charge is 0.174 e. The van der Waals surface area contributed by atoms with Gasteiger partial charge in [-0.1, -0.05) is 19.8 Å². The molecule has 1 aromatic rings. The maximum absolute atomic E-state index is 12.8. The Hall–Kier alpha value is -0.430. The van der Waals surface area contributed by atoms with Crippen LogP contribution in [0.5, 0.6) is 0 Å². The van der Waals surface area contributed by atoms with Crippen LogP contribution in [-0.2, 0) is 0 Å². The van der Waals surface area contributed by atoms with Crippen molar-refractivity contribution in [2.75, 3.05) is 5.75 Å². The number of pyridine rings is 1. The molecule has 3 rings (SSSR count). The number of aromatic nitrogens is 1. The van der Waals surface area contributed by atoms with Gasteiger partial charge < -0.3 is 0 Å². The molecular weight excluding hydrogens is 383 g/mol. The van der Waals surface area contributed by atoms with Crippen molar-refractivity contribution in [3.63, 3.8) is 0 Å². The molecule has 0 aromatic carbocycles. The van der Waals surface area contributed by atoms with Crippen molar-refractivity contribution in [1.82, 2.24) is 4.98 Å². The van der Waals surface area contributed by atoms with Crippen molar-refractivity contribution in [2.45, 2.75) is 32.6 Å². The Bertz CT molecular complexity index is 569. The van der Waals surface area contributed by atoms with Gasteiger partial charge >= 0.3 is 0 Å². The molecule has 1 aromatic heterocycles. The molecule has 3 nitrogen and oxygen atoms in total. The predicted octanol–water partition coefficient (Wildman–Crippen LogP) is 4.47. The molecule has 0 bridgehead atoms. The van der Waals surface area contributed by atoms with Crippen molar-refractivity contribution >= 4 is 50.9 Å². The van der Waals surface area contributed by atoms with E-state index in [0.29, 0.717) is 0 Å². The van der Waals surface area contributed by atoms with Crippen molar-refractivity contribution in [2.24, 2.45) is 16.8 Å². The van der Waals surface area contributed by atoms with E-state index in [1.807, 2.05) is 6.07 Å². The fourth-order valence-electron chi connectivity index (χ4n) is 2.44. The number of carbonyl (C=O) groups is 1. The summed E-state index contributed by atoms with van der Waals surface area (Å²) in [5, 5.41) is 1.01. The normalized spacial score (nSPS) is 21.6. The zero-order valence-corrected chi connectivity index (χ0v) is 14.4. The van der Waals surface area contributed by atoms with Gasteiger partial charge in [-0.25, -0.2) is 9.98 Å². The standard InChI is InChI=1S/C15H17IN2OS/c1-2-5-20-15-11(6-9-3-4-9)14(19)10-7-13(16)17-8-12(10)18-15/h7-9,11H,2-6H2,1H3. The third-order valence-corrected chi connectivity index (χ3v) is 5.55. The van der Waals surface area contributed by atoms with Crippen LogP contribution >= 0.6 is 34.4 Å². The molecule has 106 valence electrons. The molecule has 5 heteroatoms. The average Bonchev–Trinajstić information content (AvgIpc) is 3.25. The third kappa shape index (κ3) is 3.08. The highest BCUT2D eigenvalue weighted by Gasteiger charge is 2.36. The van der Waals surface area contributed by atoms with E-state index >= 15 is 0 Å². The lowest BCUT2D eigenvalue weighted by molar-refractivity contribution is 0.0947. The third-order valence-electron chi connectivity index (χ3n) is 3.68. The highest BCUT2D eigenvalue weighted by Crippen LogP contribution is 2.41. The number of halogens is 1. The van der Waals surface area contributed by atoms with Crippen LogP contribution in [-0.4, -0.2) is 21.6 Å². The number of fused-ring (bicyclic) bond motifs is 1. The van der Waals surface area contributed by atoms with Crippen LogP contribution in [0, 0.1) is 15.5 Å². The van der Waals surface area contributed by atoms with Crippen LogP contribution in [0.1, 0.15) is 43.0 Å². The summed E-state index contributed by atoms with van der Waals surface area (Å²) in [4.78, 5) is 21.8. The number of Topliss-reactive ketones (excluding diaryl/α,β-unsaturated/α-hetero) is 1. The van der Waals surface area contributed by atoms with Crippen molar-refractivity contribution in [3.8, 4) is 0 Å². The monoisotopic (exact) mass is 400 g/mol. The Balaban J connectivity index is 1.94. The summed E-state index contributed by atoms with van der Waals surface area (Å²) in [6.45, 7) is 2.16. The first-order chi connectivity index (χ1) is 9.69. The van der Waals surface area contributed by atoms with E-state index in [4.69, 9.17) is 4.99 Å². The zero-order chi connectivity index (χ0) is 14.1. The minimum absolute atomic E-state index is 0.00949. The summed E-state index contributed by atoms with van der Waals surface area (Å²) in [7, 11) is 0. The van der Waals surface area contributed by atoms with E-state index in [-0.39, 0.29) is 11.7 Å². The highest BCUT2D eigenvalue weighted by atomic mass is 127. The lowest BCUT2D eigenvalue weighted by atomic mass is 9.91. The quantitative estimate of drug-likeness (QED) is 0.553. The van der Waals surface area contributed by atoms with Crippen molar-refractivity contribution in [3.05, 3.63) is 21.5 Å². The molecular formula is C15H17IN2OS. The van der Waals surface area contributed by atoms with Crippen LogP contribution < -0.4 is 0 Å². The molecule has 1 saturated carbocycles. The first-order valence-electron chi connectivity index (χ1n) is 7.10. The SMILES string of the molecule is CCCSC1=Nc2cnc(I)cc2C(=O)C1CC1CC1. The van der Waals surface area contributed by atoms with Crippen LogP contribution in [0.3, 0.4) is 0 Å². The summed E-state index contributed by atoms with van der Waals surface area (Å²) in [5.41, 5.74) is 1.51. The number of nitrogens with zero attached hydrogens (tertiary/aromatic N) is 2.